The molecule has 1 aromatic heterocycles. The fourth-order valence-corrected chi connectivity index (χ4v) is 2.57. The van der Waals surface area contributed by atoms with E-state index in [0.717, 1.165) is 22.6 Å². The summed E-state index contributed by atoms with van der Waals surface area (Å²) in [5.41, 5.74) is 2.79. The van der Waals surface area contributed by atoms with E-state index in [0.29, 0.717) is 5.88 Å². The van der Waals surface area contributed by atoms with Crippen LogP contribution in [-0.2, 0) is 0 Å². The van der Waals surface area contributed by atoms with Gasteiger partial charge in [0, 0.05) is 11.3 Å². The Balaban J connectivity index is 2.11. The number of aromatic amines is 1. The van der Waals surface area contributed by atoms with Crippen molar-refractivity contribution in [2.75, 3.05) is 7.11 Å². The van der Waals surface area contributed by atoms with Gasteiger partial charge in [-0.15, -0.1) is 5.10 Å². The first-order valence-corrected chi connectivity index (χ1v) is 6.49. The second-order valence-electron chi connectivity index (χ2n) is 4.86. The van der Waals surface area contributed by atoms with Gasteiger partial charge in [0.15, 0.2) is 0 Å². The molecule has 0 spiro atoms. The Bertz CT molecular complexity index is 727. The number of hydrogen-bond acceptors (Lipinski definition) is 5. The highest BCUT2D eigenvalue weighted by Gasteiger charge is 2.37. The molecular weight excluding hydrogens is 268 g/mol. The number of ether oxygens (including phenoxy) is 2. The molecule has 0 unspecified atom stereocenters. The predicted octanol–water partition coefficient (Wildman–Crippen LogP) is 2.16. The van der Waals surface area contributed by atoms with Gasteiger partial charge in [0.2, 0.25) is 12.0 Å². The minimum absolute atomic E-state index is 0.222. The van der Waals surface area contributed by atoms with E-state index in [4.69, 9.17) is 20.1 Å². The van der Waals surface area contributed by atoms with Crippen LogP contribution in [0.3, 0.4) is 0 Å². The van der Waals surface area contributed by atoms with Gasteiger partial charge in [0.1, 0.15) is 11.8 Å². The number of H-pyrrole nitrogens is 1. The Morgan fingerprint density at radius 2 is 2.10 bits per heavy atom. The molecule has 106 valence electrons. The van der Waals surface area contributed by atoms with Gasteiger partial charge in [-0.1, -0.05) is 12.1 Å². The molecular formula is C15H14N4O2. The summed E-state index contributed by atoms with van der Waals surface area (Å²) in [6.45, 7) is 1.88. The van der Waals surface area contributed by atoms with Crippen LogP contribution in [0.4, 0.5) is 0 Å². The third-order valence-electron chi connectivity index (χ3n) is 3.64. The van der Waals surface area contributed by atoms with Crippen LogP contribution in [0.1, 0.15) is 22.7 Å². The van der Waals surface area contributed by atoms with E-state index in [9.17, 15) is 0 Å². The number of hydrogen-bond donors (Lipinski definition) is 2. The summed E-state index contributed by atoms with van der Waals surface area (Å²) in [7, 11) is 1.61. The van der Waals surface area contributed by atoms with Crippen LogP contribution in [0, 0.1) is 23.7 Å². The lowest BCUT2D eigenvalue weighted by Gasteiger charge is -2.27. The van der Waals surface area contributed by atoms with Gasteiger partial charge in [-0.2, -0.15) is 5.26 Å². The molecule has 0 saturated carbocycles. The third kappa shape index (κ3) is 2.03. The van der Waals surface area contributed by atoms with E-state index < -0.39 is 6.10 Å². The van der Waals surface area contributed by atoms with Gasteiger partial charge in [-0.05, 0) is 24.6 Å². The molecule has 1 aromatic carbocycles. The quantitative estimate of drug-likeness (QED) is 0.882. The number of fused-ring (bicyclic) bond motifs is 1. The number of nitriles is 1. The van der Waals surface area contributed by atoms with Crippen molar-refractivity contribution >= 4 is 5.71 Å². The monoisotopic (exact) mass is 282 g/mol. The Labute approximate surface area is 121 Å². The summed E-state index contributed by atoms with van der Waals surface area (Å²) in [5, 5.41) is 24.4. The van der Waals surface area contributed by atoms with Crippen molar-refractivity contribution < 1.29 is 9.47 Å². The van der Waals surface area contributed by atoms with Crippen molar-refractivity contribution in [1.29, 1.82) is 10.7 Å². The second kappa shape index (κ2) is 4.94. The Kier molecular flexibility index (Phi) is 3.10. The first kappa shape index (κ1) is 13.2. The number of nitrogens with zero attached hydrogens (tertiary/aromatic N) is 2. The average molecular weight is 282 g/mol. The normalized spacial score (nSPS) is 20.3. The summed E-state index contributed by atoms with van der Waals surface area (Å²) < 4.78 is 10.6. The molecule has 0 saturated heterocycles. The zero-order valence-corrected chi connectivity index (χ0v) is 11.7. The maximum absolute atomic E-state index is 9.17. The van der Waals surface area contributed by atoms with Crippen LogP contribution in [0.25, 0.3) is 0 Å². The average Bonchev–Trinajstić information content (AvgIpc) is 2.88. The molecule has 2 N–H and O–H groups in total. The number of benzene rings is 1. The zero-order chi connectivity index (χ0) is 15.0. The van der Waals surface area contributed by atoms with E-state index >= 15 is 0 Å². The van der Waals surface area contributed by atoms with Gasteiger partial charge < -0.3 is 14.9 Å². The Morgan fingerprint density at radius 1 is 1.38 bits per heavy atom. The third-order valence-corrected chi connectivity index (χ3v) is 3.64. The Hall–Kier alpha value is -2.81. The summed E-state index contributed by atoms with van der Waals surface area (Å²) in [6, 6.07) is 9.48. The molecule has 6 heteroatoms. The molecule has 0 amide bonds. The number of rotatable bonds is 2. The van der Waals surface area contributed by atoms with Gasteiger partial charge in [0.05, 0.1) is 18.7 Å². The van der Waals surface area contributed by atoms with E-state index in [-0.39, 0.29) is 11.6 Å². The van der Waals surface area contributed by atoms with Crippen LogP contribution >= 0.6 is 0 Å². The molecule has 0 fully saturated rings. The van der Waals surface area contributed by atoms with E-state index in [1.165, 1.54) is 0 Å². The lowest BCUT2D eigenvalue weighted by Crippen LogP contribution is -2.35. The van der Waals surface area contributed by atoms with Crippen molar-refractivity contribution in [3.63, 3.8) is 0 Å². The predicted molar refractivity (Wildman–Crippen MR) is 75.9 cm³/mol. The number of aryl methyl sites for hydroxylation is 1. The highest BCUT2D eigenvalue weighted by molar-refractivity contribution is 5.98. The molecule has 2 heterocycles. The van der Waals surface area contributed by atoms with E-state index in [1.54, 1.807) is 7.11 Å². The van der Waals surface area contributed by atoms with Gasteiger partial charge in [0.25, 0.3) is 0 Å². The molecule has 0 radical (unpaired) electrons. The van der Waals surface area contributed by atoms with Crippen LogP contribution < -0.4 is 9.47 Å². The summed E-state index contributed by atoms with van der Waals surface area (Å²) in [4.78, 5) is 0. The van der Waals surface area contributed by atoms with Crippen LogP contribution in [-0.4, -0.2) is 29.1 Å². The molecule has 1 aliphatic heterocycles. The first-order valence-electron chi connectivity index (χ1n) is 6.49. The van der Waals surface area contributed by atoms with Gasteiger partial charge in [-0.3, -0.25) is 5.10 Å². The second-order valence-corrected chi connectivity index (χ2v) is 4.86. The molecule has 3 rings (SSSR count). The van der Waals surface area contributed by atoms with Crippen molar-refractivity contribution in [3.8, 4) is 17.7 Å². The fourth-order valence-electron chi connectivity index (χ4n) is 2.57. The van der Waals surface area contributed by atoms with Crippen molar-refractivity contribution in [2.45, 2.75) is 18.9 Å². The van der Waals surface area contributed by atoms with E-state index in [1.807, 2.05) is 37.3 Å². The van der Waals surface area contributed by atoms with Crippen molar-refractivity contribution in [3.05, 3.63) is 41.1 Å². The molecule has 0 aliphatic carbocycles. The topological polar surface area (TPSA) is 94.8 Å². The largest absolute Gasteiger partial charge is 0.497 e. The lowest BCUT2D eigenvalue weighted by atomic mass is 9.83. The Morgan fingerprint density at radius 3 is 2.71 bits per heavy atom. The maximum atomic E-state index is 9.17. The molecule has 0 bridgehead atoms. The van der Waals surface area contributed by atoms with Gasteiger partial charge in [-0.25, -0.2) is 0 Å². The van der Waals surface area contributed by atoms with Crippen LogP contribution in [0.15, 0.2) is 24.3 Å². The summed E-state index contributed by atoms with van der Waals surface area (Å²) in [5.74, 6) is 0.817. The minimum Gasteiger partial charge on any atom is -0.497 e. The van der Waals surface area contributed by atoms with Crippen molar-refractivity contribution in [2.24, 2.45) is 0 Å². The molecule has 21 heavy (non-hydrogen) atoms. The maximum Gasteiger partial charge on any atom is 0.238 e. The van der Waals surface area contributed by atoms with Crippen LogP contribution in [0.2, 0.25) is 0 Å². The smallest absolute Gasteiger partial charge is 0.238 e. The molecule has 2 atom stereocenters. The minimum atomic E-state index is -0.910. The molecule has 2 aromatic rings. The lowest BCUT2D eigenvalue weighted by molar-refractivity contribution is 0.288. The van der Waals surface area contributed by atoms with E-state index in [2.05, 4.69) is 10.2 Å². The zero-order valence-electron chi connectivity index (χ0n) is 11.7. The van der Waals surface area contributed by atoms with Crippen LogP contribution in [0.5, 0.6) is 11.6 Å². The first-order chi connectivity index (χ1) is 10.2. The molecule has 6 nitrogen and oxygen atoms in total. The highest BCUT2D eigenvalue weighted by atomic mass is 16.5. The summed E-state index contributed by atoms with van der Waals surface area (Å²) in [6.07, 6.45) is -0.910. The number of aromatic nitrogens is 2. The van der Waals surface area contributed by atoms with Gasteiger partial charge >= 0.3 is 0 Å². The molecule has 1 aliphatic rings. The van der Waals surface area contributed by atoms with Crippen molar-refractivity contribution in [1.82, 2.24) is 10.2 Å². The highest BCUT2D eigenvalue weighted by Crippen LogP contribution is 2.39. The fraction of sp³-hybridized carbons (Fsp3) is 0.267. The SMILES string of the molecule is COc1ccc([C@H]2C(=N)[C@H](C#N)Oc3n[nH]c(C)c32)cc1. The number of nitrogens with one attached hydrogen (secondary N) is 2. The standard InChI is InChI=1S/C15H14N4O2/c1-8-12-13(9-3-5-10(20-2)6-4-9)14(17)11(7-16)21-15(12)19-18-8/h3-6,11,13,17H,1-2H3,(H,18,19)/t11-,13+/m0/s1. The number of methoxy groups -OCH3 is 1. The summed E-state index contributed by atoms with van der Waals surface area (Å²) >= 11 is 0.